The Morgan fingerprint density at radius 1 is 1.35 bits per heavy atom. The fourth-order valence-corrected chi connectivity index (χ4v) is 4.37. The van der Waals surface area contributed by atoms with Crippen molar-refractivity contribution in [1.82, 2.24) is 39.3 Å². The van der Waals surface area contributed by atoms with Gasteiger partial charge in [-0.1, -0.05) is 11.6 Å². The van der Waals surface area contributed by atoms with Gasteiger partial charge in [-0.3, -0.25) is 14.9 Å². The highest BCUT2D eigenvalue weighted by Gasteiger charge is 2.43. The number of alkyl halides is 1. The number of anilines is 1. The molecule has 4 heterocycles. The van der Waals surface area contributed by atoms with Crippen molar-refractivity contribution in [1.29, 1.82) is 0 Å². The van der Waals surface area contributed by atoms with Crippen LogP contribution in [-0.4, -0.2) is 51.4 Å². The van der Waals surface area contributed by atoms with E-state index in [-0.39, 0.29) is 17.3 Å². The number of hydrogen-bond donors (Lipinski definition) is 2. The monoisotopic (exact) mass is 483 g/mol. The third-order valence-corrected chi connectivity index (χ3v) is 6.33. The van der Waals surface area contributed by atoms with E-state index >= 15 is 4.39 Å². The first-order valence-corrected chi connectivity index (χ1v) is 10.8. The maximum Gasteiger partial charge on any atom is 0.231 e. The van der Waals surface area contributed by atoms with Crippen LogP contribution in [0.2, 0.25) is 5.02 Å². The van der Waals surface area contributed by atoms with E-state index in [4.69, 9.17) is 11.6 Å². The summed E-state index contributed by atoms with van der Waals surface area (Å²) >= 11 is 6.54. The molecule has 1 unspecified atom stereocenters. The Bertz CT molecular complexity index is 1560. The van der Waals surface area contributed by atoms with Crippen LogP contribution < -0.4 is 5.32 Å². The molecule has 13 heteroatoms. The quantitative estimate of drug-likeness (QED) is 0.394. The average Bonchev–Trinajstić information content (AvgIpc) is 3.26. The highest BCUT2D eigenvalue weighted by molar-refractivity contribution is 6.35. The highest BCUT2D eigenvalue weighted by Crippen LogP contribution is 2.41. The molecule has 1 aliphatic carbocycles. The fourth-order valence-electron chi connectivity index (χ4n) is 4.07. The minimum absolute atomic E-state index is 0.112. The predicted molar refractivity (Wildman–Crippen MR) is 119 cm³/mol. The van der Waals surface area contributed by atoms with Crippen LogP contribution in [0.5, 0.6) is 0 Å². The van der Waals surface area contributed by atoms with E-state index in [1.54, 1.807) is 29.9 Å². The van der Waals surface area contributed by atoms with Gasteiger partial charge in [0.2, 0.25) is 5.91 Å². The average molecular weight is 484 g/mol. The molecule has 0 aliphatic heterocycles. The molecule has 3 atom stereocenters. The summed E-state index contributed by atoms with van der Waals surface area (Å²) in [5.74, 6) is -1.40. The molecule has 1 fully saturated rings. The number of carbonyl (C=O) groups is 1. The van der Waals surface area contributed by atoms with E-state index in [0.29, 0.717) is 33.4 Å². The van der Waals surface area contributed by atoms with Crippen LogP contribution in [0.1, 0.15) is 24.9 Å². The van der Waals surface area contributed by atoms with Crippen LogP contribution in [0.15, 0.2) is 37.4 Å². The van der Waals surface area contributed by atoms with E-state index in [1.807, 2.05) is 0 Å². The van der Waals surface area contributed by atoms with E-state index < -0.39 is 29.9 Å². The molecule has 0 spiro atoms. The van der Waals surface area contributed by atoms with Gasteiger partial charge in [0, 0.05) is 22.7 Å². The number of carbonyl (C=O) groups excluding carboxylic acids is 1. The second kappa shape index (κ2) is 7.55. The normalized spacial score (nSPS) is 18.5. The predicted octanol–water partition coefficient (Wildman–Crippen LogP) is 3.56. The molecule has 10 nitrogen and oxygen atoms in total. The van der Waals surface area contributed by atoms with Crippen LogP contribution in [0, 0.1) is 11.7 Å². The number of fused-ring (bicyclic) bond motifs is 2. The summed E-state index contributed by atoms with van der Waals surface area (Å²) in [6.07, 6.45) is 8.23. The smallest absolute Gasteiger partial charge is 0.231 e. The second-order valence-electron chi connectivity index (χ2n) is 8.14. The molecule has 172 valence electrons. The maximum absolute atomic E-state index is 15.6. The van der Waals surface area contributed by atoms with Gasteiger partial charge in [-0.2, -0.15) is 10.2 Å². The molecule has 1 amide bonds. The minimum atomic E-state index is -1.10. The van der Waals surface area contributed by atoms with E-state index in [2.05, 4.69) is 35.6 Å². The van der Waals surface area contributed by atoms with Gasteiger partial charge in [0.15, 0.2) is 11.5 Å². The molecular formula is C21H16ClF2N9O. The molecule has 1 aliphatic rings. The standard InChI is InChI=1S/C21H16ClF2N9O/c1-9(33-8-25-7-28-33)16-19(24)18(22)17(11-3-27-31-20(11)16)13-5-32-6-14(29-15(32)4-26-13)30-21(34)10-2-12(10)23/h3-10,12H,2H2,1H3,(H,27,31)(H,30,34)/t9?,10-,12+/m1/s1. The van der Waals surface area contributed by atoms with Crippen molar-refractivity contribution in [3.63, 3.8) is 0 Å². The van der Waals surface area contributed by atoms with Crippen LogP contribution in [-0.2, 0) is 4.79 Å². The van der Waals surface area contributed by atoms with Crippen molar-refractivity contribution in [3.8, 4) is 11.3 Å². The fraction of sp³-hybridized carbons (Fsp3) is 0.238. The van der Waals surface area contributed by atoms with Crippen molar-refractivity contribution in [3.05, 3.63) is 53.8 Å². The number of benzene rings is 1. The Morgan fingerprint density at radius 3 is 2.91 bits per heavy atom. The Balaban J connectivity index is 1.43. The second-order valence-corrected chi connectivity index (χ2v) is 8.52. The number of imidazole rings is 1. The first-order valence-electron chi connectivity index (χ1n) is 10.4. The molecule has 6 rings (SSSR count). The third kappa shape index (κ3) is 3.21. The zero-order valence-corrected chi connectivity index (χ0v) is 18.3. The molecule has 1 saturated carbocycles. The first kappa shape index (κ1) is 20.7. The molecule has 0 bridgehead atoms. The summed E-state index contributed by atoms with van der Waals surface area (Å²) in [5, 5.41) is 14.1. The molecule has 1 aromatic carbocycles. The molecule has 2 N–H and O–H groups in total. The van der Waals surface area contributed by atoms with Gasteiger partial charge in [-0.05, 0) is 13.3 Å². The SMILES string of the molecule is CC(c1c(F)c(Cl)c(-c2cn3cc(NC(=O)[C@@H]4C[C@@H]4F)nc3cn2)c2cn[nH]c12)n1cncn1. The largest absolute Gasteiger partial charge is 0.309 e. The highest BCUT2D eigenvalue weighted by atomic mass is 35.5. The number of nitrogens with zero attached hydrogens (tertiary/aromatic N) is 7. The van der Waals surface area contributed by atoms with Gasteiger partial charge < -0.3 is 9.72 Å². The number of aromatic amines is 1. The van der Waals surface area contributed by atoms with Gasteiger partial charge in [0.25, 0.3) is 0 Å². The molecular weight excluding hydrogens is 468 g/mol. The number of H-pyrrole nitrogens is 1. The lowest BCUT2D eigenvalue weighted by atomic mass is 9.98. The Labute approximate surface area is 195 Å². The van der Waals surface area contributed by atoms with E-state index in [9.17, 15) is 9.18 Å². The summed E-state index contributed by atoms with van der Waals surface area (Å²) < 4.78 is 31.9. The zero-order valence-electron chi connectivity index (χ0n) is 17.6. The van der Waals surface area contributed by atoms with Crippen molar-refractivity contribution in [2.45, 2.75) is 25.6 Å². The molecule has 5 aromatic rings. The first-order chi connectivity index (χ1) is 16.4. The number of hydrogen-bond acceptors (Lipinski definition) is 6. The Kier molecular flexibility index (Phi) is 4.59. The van der Waals surface area contributed by atoms with Crippen molar-refractivity contribution >= 4 is 39.9 Å². The lowest BCUT2D eigenvalue weighted by Crippen LogP contribution is -2.15. The number of aromatic nitrogens is 8. The van der Waals surface area contributed by atoms with Gasteiger partial charge in [0.05, 0.1) is 46.8 Å². The summed E-state index contributed by atoms with van der Waals surface area (Å²) in [6, 6.07) is -0.498. The summed E-state index contributed by atoms with van der Waals surface area (Å²) in [5.41, 5.74) is 1.95. The van der Waals surface area contributed by atoms with Crippen molar-refractivity contribution in [2.24, 2.45) is 5.92 Å². The Morgan fingerprint density at radius 2 is 2.18 bits per heavy atom. The lowest BCUT2D eigenvalue weighted by molar-refractivity contribution is -0.117. The number of halogens is 3. The number of rotatable bonds is 5. The lowest BCUT2D eigenvalue weighted by Gasteiger charge is -2.17. The third-order valence-electron chi connectivity index (χ3n) is 5.98. The summed E-state index contributed by atoms with van der Waals surface area (Å²) in [7, 11) is 0. The summed E-state index contributed by atoms with van der Waals surface area (Å²) in [4.78, 5) is 24.6. The number of nitrogens with one attached hydrogen (secondary N) is 2. The van der Waals surface area contributed by atoms with Gasteiger partial charge >= 0.3 is 0 Å². The van der Waals surface area contributed by atoms with Crippen LogP contribution >= 0.6 is 11.6 Å². The Hall–Kier alpha value is -3.93. The number of amides is 1. The minimum Gasteiger partial charge on any atom is -0.309 e. The topological polar surface area (TPSA) is 119 Å². The molecule has 0 radical (unpaired) electrons. The van der Waals surface area contributed by atoms with Crippen LogP contribution in [0.25, 0.3) is 27.8 Å². The van der Waals surface area contributed by atoms with Crippen LogP contribution in [0.3, 0.4) is 0 Å². The van der Waals surface area contributed by atoms with E-state index in [0.717, 1.165) is 0 Å². The van der Waals surface area contributed by atoms with Crippen LogP contribution in [0.4, 0.5) is 14.6 Å². The van der Waals surface area contributed by atoms with Crippen molar-refractivity contribution < 1.29 is 13.6 Å². The van der Waals surface area contributed by atoms with E-state index in [1.165, 1.54) is 23.5 Å². The molecule has 4 aromatic heterocycles. The van der Waals surface area contributed by atoms with Gasteiger partial charge in [-0.25, -0.2) is 23.4 Å². The maximum atomic E-state index is 15.6. The van der Waals surface area contributed by atoms with Gasteiger partial charge in [-0.15, -0.1) is 0 Å². The zero-order chi connectivity index (χ0) is 23.6. The van der Waals surface area contributed by atoms with Crippen molar-refractivity contribution in [2.75, 3.05) is 5.32 Å². The molecule has 34 heavy (non-hydrogen) atoms. The summed E-state index contributed by atoms with van der Waals surface area (Å²) in [6.45, 7) is 1.78. The van der Waals surface area contributed by atoms with Gasteiger partial charge in [0.1, 0.15) is 24.6 Å². The molecule has 0 saturated heterocycles.